The molecule has 0 spiro atoms. The van der Waals surface area contributed by atoms with Crippen LogP contribution in [0.15, 0.2) is 42.7 Å². The Balaban J connectivity index is 2.08. The van der Waals surface area contributed by atoms with Gasteiger partial charge in [-0.05, 0) is 30.7 Å². The lowest BCUT2D eigenvalue weighted by atomic mass is 10.2. The number of amides is 2. The second-order valence-corrected chi connectivity index (χ2v) is 4.15. The number of carbonyl (C=O) groups is 1. The number of benzene rings is 1. The molecule has 2 aromatic rings. The van der Waals surface area contributed by atoms with Crippen LogP contribution in [0.5, 0.6) is 0 Å². The third-order valence-electron chi connectivity index (χ3n) is 2.40. The summed E-state index contributed by atoms with van der Waals surface area (Å²) in [5.41, 5.74) is 2.20. The summed E-state index contributed by atoms with van der Waals surface area (Å²) in [7, 11) is 0. The van der Waals surface area contributed by atoms with Crippen molar-refractivity contribution in [3.63, 3.8) is 0 Å². The third kappa shape index (κ3) is 2.99. The predicted molar refractivity (Wildman–Crippen MR) is 73.1 cm³/mol. The van der Waals surface area contributed by atoms with Gasteiger partial charge in [0.25, 0.3) is 0 Å². The quantitative estimate of drug-likeness (QED) is 0.866. The molecule has 0 radical (unpaired) electrons. The molecule has 92 valence electrons. The van der Waals surface area contributed by atoms with Crippen molar-refractivity contribution in [2.75, 3.05) is 10.6 Å². The van der Waals surface area contributed by atoms with Crippen molar-refractivity contribution in [2.45, 2.75) is 6.92 Å². The lowest BCUT2D eigenvalue weighted by Crippen LogP contribution is -2.20. The second kappa shape index (κ2) is 5.51. The highest BCUT2D eigenvalue weighted by atomic mass is 35.5. The molecule has 4 nitrogen and oxygen atoms in total. The van der Waals surface area contributed by atoms with Crippen LogP contribution in [0, 0.1) is 6.92 Å². The number of nitrogens with one attached hydrogen (secondary N) is 2. The maximum atomic E-state index is 11.8. The molecule has 2 N–H and O–H groups in total. The second-order valence-electron chi connectivity index (χ2n) is 3.75. The third-order valence-corrected chi connectivity index (χ3v) is 2.71. The summed E-state index contributed by atoms with van der Waals surface area (Å²) in [4.78, 5) is 15.7. The number of nitrogens with zero attached hydrogens (tertiary/aromatic N) is 1. The van der Waals surface area contributed by atoms with Gasteiger partial charge in [0.2, 0.25) is 0 Å². The van der Waals surface area contributed by atoms with Gasteiger partial charge >= 0.3 is 6.03 Å². The van der Waals surface area contributed by atoms with Crippen LogP contribution in [0.3, 0.4) is 0 Å². The van der Waals surface area contributed by atoms with Crippen LogP contribution in [0.2, 0.25) is 5.02 Å². The number of anilines is 2. The van der Waals surface area contributed by atoms with E-state index in [1.54, 1.807) is 30.6 Å². The van der Waals surface area contributed by atoms with Crippen molar-refractivity contribution < 1.29 is 4.79 Å². The first-order valence-corrected chi connectivity index (χ1v) is 5.78. The molecule has 0 bridgehead atoms. The van der Waals surface area contributed by atoms with Gasteiger partial charge in [0.1, 0.15) is 0 Å². The molecule has 1 aromatic heterocycles. The lowest BCUT2D eigenvalue weighted by Gasteiger charge is -2.11. The Hall–Kier alpha value is -2.07. The summed E-state index contributed by atoms with van der Waals surface area (Å²) < 4.78 is 0. The molecule has 2 rings (SSSR count). The van der Waals surface area contributed by atoms with E-state index in [-0.39, 0.29) is 6.03 Å². The first-order chi connectivity index (χ1) is 8.66. The molecule has 2 amide bonds. The minimum absolute atomic E-state index is 0.336. The highest BCUT2D eigenvalue weighted by Crippen LogP contribution is 2.25. The normalized spacial score (nSPS) is 9.89. The Bertz CT molecular complexity index is 537. The van der Waals surface area contributed by atoms with Crippen LogP contribution < -0.4 is 10.6 Å². The Morgan fingerprint density at radius 3 is 2.56 bits per heavy atom. The van der Waals surface area contributed by atoms with Crippen molar-refractivity contribution in [2.24, 2.45) is 0 Å². The molecule has 18 heavy (non-hydrogen) atoms. The van der Waals surface area contributed by atoms with Crippen LogP contribution in [0.25, 0.3) is 0 Å². The summed E-state index contributed by atoms with van der Waals surface area (Å²) in [6.45, 7) is 1.88. The van der Waals surface area contributed by atoms with E-state index in [0.717, 1.165) is 5.56 Å². The van der Waals surface area contributed by atoms with E-state index in [0.29, 0.717) is 16.4 Å². The lowest BCUT2D eigenvalue weighted by molar-refractivity contribution is 0.262. The van der Waals surface area contributed by atoms with E-state index in [4.69, 9.17) is 11.6 Å². The number of halogens is 1. The number of hydrogen-bond donors (Lipinski definition) is 2. The number of aryl methyl sites for hydroxylation is 1. The van der Waals surface area contributed by atoms with Gasteiger partial charge in [0.15, 0.2) is 0 Å². The van der Waals surface area contributed by atoms with Gasteiger partial charge in [-0.3, -0.25) is 4.98 Å². The minimum atomic E-state index is -0.336. The smallest absolute Gasteiger partial charge is 0.308 e. The van der Waals surface area contributed by atoms with Gasteiger partial charge in [0.05, 0.1) is 10.7 Å². The number of urea groups is 1. The van der Waals surface area contributed by atoms with Crippen LogP contribution in [0.1, 0.15) is 5.56 Å². The fourth-order valence-electron chi connectivity index (χ4n) is 1.50. The number of aromatic nitrogens is 1. The average molecular weight is 262 g/mol. The van der Waals surface area contributed by atoms with Crippen molar-refractivity contribution in [3.8, 4) is 0 Å². The number of para-hydroxylation sites is 1. The van der Waals surface area contributed by atoms with Gasteiger partial charge in [-0.1, -0.05) is 23.7 Å². The summed E-state index contributed by atoms with van der Waals surface area (Å²) in [5, 5.41) is 5.93. The van der Waals surface area contributed by atoms with E-state index in [9.17, 15) is 4.79 Å². The van der Waals surface area contributed by atoms with Crippen LogP contribution in [0.4, 0.5) is 16.2 Å². The Labute approximate surface area is 110 Å². The van der Waals surface area contributed by atoms with E-state index >= 15 is 0 Å². The maximum Gasteiger partial charge on any atom is 0.323 e. The number of pyridine rings is 1. The molecular formula is C13H12ClN3O. The molecule has 0 aliphatic carbocycles. The average Bonchev–Trinajstić information content (AvgIpc) is 2.35. The fourth-order valence-corrected chi connectivity index (χ4v) is 1.77. The summed E-state index contributed by atoms with van der Waals surface area (Å²) in [6, 6.07) is 8.53. The fraction of sp³-hybridized carbons (Fsp3) is 0.0769. The van der Waals surface area contributed by atoms with Crippen molar-refractivity contribution >= 4 is 29.0 Å². The number of carbonyl (C=O) groups excluding carboxylic acids is 1. The molecule has 1 heterocycles. The van der Waals surface area contributed by atoms with E-state index in [1.165, 1.54) is 0 Å². The standard InChI is InChI=1S/C13H12ClN3O/c1-9-3-2-4-11(14)12(9)17-13(18)16-10-5-7-15-8-6-10/h2-8H,1H3,(H2,15,16,17,18). The first-order valence-electron chi connectivity index (χ1n) is 5.40. The monoisotopic (exact) mass is 261 g/mol. The van der Waals surface area contributed by atoms with E-state index < -0.39 is 0 Å². The van der Waals surface area contributed by atoms with E-state index in [2.05, 4.69) is 15.6 Å². The summed E-state index contributed by atoms with van der Waals surface area (Å²) in [6.07, 6.45) is 3.21. The predicted octanol–water partition coefficient (Wildman–Crippen LogP) is 3.69. The molecule has 0 saturated heterocycles. The molecule has 0 fully saturated rings. The molecule has 0 saturated carbocycles. The molecular weight excluding hydrogens is 250 g/mol. The topological polar surface area (TPSA) is 54.0 Å². The van der Waals surface area contributed by atoms with Crippen molar-refractivity contribution in [1.82, 2.24) is 4.98 Å². The minimum Gasteiger partial charge on any atom is -0.308 e. The van der Waals surface area contributed by atoms with Crippen LogP contribution in [-0.4, -0.2) is 11.0 Å². The van der Waals surface area contributed by atoms with Crippen molar-refractivity contribution in [1.29, 1.82) is 0 Å². The number of hydrogen-bond acceptors (Lipinski definition) is 2. The molecule has 0 unspecified atom stereocenters. The Morgan fingerprint density at radius 2 is 1.89 bits per heavy atom. The zero-order valence-corrected chi connectivity index (χ0v) is 10.5. The zero-order valence-electron chi connectivity index (χ0n) is 9.77. The van der Waals surface area contributed by atoms with Crippen molar-refractivity contribution in [3.05, 3.63) is 53.3 Å². The Morgan fingerprint density at radius 1 is 1.17 bits per heavy atom. The molecule has 0 aliphatic rings. The highest BCUT2D eigenvalue weighted by Gasteiger charge is 2.07. The maximum absolute atomic E-state index is 11.8. The van der Waals surface area contributed by atoms with Gasteiger partial charge in [-0.15, -0.1) is 0 Å². The SMILES string of the molecule is Cc1cccc(Cl)c1NC(=O)Nc1ccncc1. The van der Waals surface area contributed by atoms with Gasteiger partial charge in [-0.2, -0.15) is 0 Å². The highest BCUT2D eigenvalue weighted by molar-refractivity contribution is 6.34. The van der Waals surface area contributed by atoms with Gasteiger partial charge in [-0.25, -0.2) is 4.79 Å². The van der Waals surface area contributed by atoms with Crippen LogP contribution >= 0.6 is 11.6 Å². The molecule has 5 heteroatoms. The Kier molecular flexibility index (Phi) is 3.79. The number of rotatable bonds is 2. The van der Waals surface area contributed by atoms with E-state index in [1.807, 2.05) is 19.1 Å². The van der Waals surface area contributed by atoms with Gasteiger partial charge in [0, 0.05) is 18.1 Å². The zero-order chi connectivity index (χ0) is 13.0. The first kappa shape index (κ1) is 12.4. The molecule has 0 aliphatic heterocycles. The summed E-state index contributed by atoms with van der Waals surface area (Å²) in [5.74, 6) is 0. The van der Waals surface area contributed by atoms with Gasteiger partial charge < -0.3 is 10.6 Å². The largest absolute Gasteiger partial charge is 0.323 e. The molecule has 0 atom stereocenters. The molecule has 1 aromatic carbocycles. The summed E-state index contributed by atoms with van der Waals surface area (Å²) >= 11 is 6.02. The van der Waals surface area contributed by atoms with Crippen LogP contribution in [-0.2, 0) is 0 Å².